The third kappa shape index (κ3) is 5.09. The highest BCUT2D eigenvalue weighted by atomic mass is 32.2. The number of nitrogens with zero attached hydrogens (tertiary/aromatic N) is 3. The number of anilines is 1. The summed E-state index contributed by atoms with van der Waals surface area (Å²) in [6.45, 7) is 10.1. The smallest absolute Gasteiger partial charge is 0.247 e. The number of thioether (sulfide) groups is 1. The highest BCUT2D eigenvalue weighted by Gasteiger charge is 2.73. The van der Waals surface area contributed by atoms with Crippen LogP contribution < -0.4 is 9.64 Å². The highest BCUT2D eigenvalue weighted by Crippen LogP contribution is 2.65. The highest BCUT2D eigenvalue weighted by molar-refractivity contribution is 8.02. The molecule has 0 bridgehead atoms. The zero-order chi connectivity index (χ0) is 29.4. The number of benzene rings is 1. The minimum atomic E-state index is -0.829. The lowest BCUT2D eigenvalue weighted by Crippen LogP contribution is -2.54. The van der Waals surface area contributed by atoms with Gasteiger partial charge in [0.25, 0.3) is 0 Å². The van der Waals surface area contributed by atoms with Crippen LogP contribution in [0.3, 0.4) is 0 Å². The normalized spacial score (nSPS) is 30.9. The fourth-order valence-corrected chi connectivity index (χ4v) is 9.27. The molecule has 5 rings (SSSR count). The molecule has 3 amide bonds. The molecule has 9 heteroatoms. The van der Waals surface area contributed by atoms with Crippen LogP contribution >= 0.6 is 11.8 Å². The number of amides is 3. The minimum absolute atomic E-state index is 0.00741. The van der Waals surface area contributed by atoms with Crippen molar-refractivity contribution in [1.29, 1.82) is 0 Å². The summed E-state index contributed by atoms with van der Waals surface area (Å²) in [5, 5.41) is 9.18. The van der Waals surface area contributed by atoms with E-state index in [1.807, 2.05) is 62.1 Å². The number of carbonyl (C=O) groups is 3. The van der Waals surface area contributed by atoms with Crippen molar-refractivity contribution in [1.82, 2.24) is 9.80 Å². The van der Waals surface area contributed by atoms with Crippen molar-refractivity contribution in [2.75, 3.05) is 37.7 Å². The van der Waals surface area contributed by atoms with Crippen molar-refractivity contribution in [2.45, 2.75) is 75.0 Å². The standard InChI is InChI=1S/C32H43N3O5S/c1-5-40-24-14-12-23(13-15-24)34-20-10-16-31(4)25(28(34)37)26-29(38)35(18-8-6-7-9-21-36)27-30(39)33(22(2)3)19-11-17-32(26,27)41-31/h10-17,22,25-27,36H,5-9,18-21H2,1-4H3/t25-,26+,27?,31+,32+/m1/s1. The number of fused-ring (bicyclic) bond motifs is 2. The number of aliphatic hydroxyl groups is 1. The molecule has 1 spiro atoms. The van der Waals surface area contributed by atoms with Crippen molar-refractivity contribution >= 4 is 35.2 Å². The van der Waals surface area contributed by atoms with E-state index in [9.17, 15) is 19.5 Å². The van der Waals surface area contributed by atoms with Crippen LogP contribution in [0, 0.1) is 11.8 Å². The van der Waals surface area contributed by atoms with Gasteiger partial charge in [0.05, 0.1) is 23.2 Å². The fourth-order valence-electron chi connectivity index (χ4n) is 7.11. The summed E-state index contributed by atoms with van der Waals surface area (Å²) in [7, 11) is 0. The molecule has 0 aromatic heterocycles. The van der Waals surface area contributed by atoms with Gasteiger partial charge in [-0.25, -0.2) is 0 Å². The number of ether oxygens (including phenoxy) is 1. The van der Waals surface area contributed by atoms with Gasteiger partial charge in [0.1, 0.15) is 11.8 Å². The van der Waals surface area contributed by atoms with Crippen LogP contribution in [0.5, 0.6) is 5.75 Å². The molecule has 1 aromatic carbocycles. The van der Waals surface area contributed by atoms with Gasteiger partial charge >= 0.3 is 0 Å². The summed E-state index contributed by atoms with van der Waals surface area (Å²) in [6.07, 6.45) is 11.5. The molecular weight excluding hydrogens is 538 g/mol. The first kappa shape index (κ1) is 29.7. The Balaban J connectivity index is 1.53. The van der Waals surface area contributed by atoms with Gasteiger partial charge in [0.2, 0.25) is 17.7 Å². The maximum atomic E-state index is 14.5. The molecule has 4 aliphatic heterocycles. The van der Waals surface area contributed by atoms with Gasteiger partial charge in [-0.1, -0.05) is 37.1 Å². The van der Waals surface area contributed by atoms with E-state index in [1.54, 1.807) is 21.6 Å². The third-order valence-electron chi connectivity index (χ3n) is 8.98. The number of aliphatic hydroxyl groups excluding tert-OH is 1. The Labute approximate surface area is 247 Å². The van der Waals surface area contributed by atoms with Gasteiger partial charge in [-0.3, -0.25) is 14.4 Å². The summed E-state index contributed by atoms with van der Waals surface area (Å²) >= 11 is 1.62. The van der Waals surface area contributed by atoms with Gasteiger partial charge < -0.3 is 24.5 Å². The van der Waals surface area contributed by atoms with E-state index in [1.165, 1.54) is 0 Å². The summed E-state index contributed by atoms with van der Waals surface area (Å²) in [6, 6.07) is 6.86. The van der Waals surface area contributed by atoms with E-state index in [2.05, 4.69) is 19.1 Å². The summed E-state index contributed by atoms with van der Waals surface area (Å²) in [4.78, 5) is 48.6. The van der Waals surface area contributed by atoms with Crippen LogP contribution in [0.15, 0.2) is 48.6 Å². The molecule has 5 atom stereocenters. The average Bonchev–Trinajstić information content (AvgIpc) is 3.19. The van der Waals surface area contributed by atoms with Crippen LogP contribution in [0.25, 0.3) is 0 Å². The van der Waals surface area contributed by atoms with Crippen molar-refractivity contribution in [3.8, 4) is 5.75 Å². The topological polar surface area (TPSA) is 90.4 Å². The van der Waals surface area contributed by atoms with E-state index in [4.69, 9.17) is 4.74 Å². The summed E-state index contributed by atoms with van der Waals surface area (Å²) < 4.78 is 4.13. The maximum absolute atomic E-state index is 14.5. The van der Waals surface area contributed by atoms with Gasteiger partial charge in [-0.15, -0.1) is 11.8 Å². The van der Waals surface area contributed by atoms with E-state index >= 15 is 0 Å². The van der Waals surface area contributed by atoms with Crippen LogP contribution in [-0.2, 0) is 14.4 Å². The molecule has 0 aliphatic carbocycles. The quantitative estimate of drug-likeness (QED) is 0.332. The molecule has 4 aliphatic rings. The zero-order valence-corrected chi connectivity index (χ0v) is 25.4. The number of hydrogen-bond donors (Lipinski definition) is 1. The predicted molar refractivity (Wildman–Crippen MR) is 162 cm³/mol. The average molecular weight is 582 g/mol. The SMILES string of the molecule is CCOc1ccc(N2CC=C[C@]3(C)S[C@]45C=CCN(C(C)C)C(=O)C4N(CCCCCCO)C(=O)[C@@H]5[C@@H]3C2=O)cc1. The van der Waals surface area contributed by atoms with Crippen molar-refractivity contribution in [3.63, 3.8) is 0 Å². The van der Waals surface area contributed by atoms with Gasteiger partial charge in [-0.05, 0) is 64.8 Å². The first-order valence-corrected chi connectivity index (χ1v) is 15.8. The second kappa shape index (κ2) is 11.8. The number of unbranched alkanes of at least 4 members (excludes halogenated alkanes) is 3. The van der Waals surface area contributed by atoms with Crippen molar-refractivity contribution < 1.29 is 24.2 Å². The summed E-state index contributed by atoms with van der Waals surface area (Å²) in [5.41, 5.74) is 0.763. The number of likely N-dealkylation sites (tertiary alicyclic amines) is 1. The number of rotatable bonds is 10. The van der Waals surface area contributed by atoms with E-state index in [0.717, 1.165) is 37.1 Å². The molecule has 8 nitrogen and oxygen atoms in total. The first-order chi connectivity index (χ1) is 19.7. The maximum Gasteiger partial charge on any atom is 0.247 e. The minimum Gasteiger partial charge on any atom is -0.494 e. The monoisotopic (exact) mass is 581 g/mol. The fraction of sp³-hybridized carbons (Fsp3) is 0.594. The second-order valence-electron chi connectivity index (χ2n) is 11.9. The lowest BCUT2D eigenvalue weighted by Gasteiger charge is -2.37. The Kier molecular flexibility index (Phi) is 8.58. The van der Waals surface area contributed by atoms with Gasteiger partial charge in [0.15, 0.2) is 0 Å². The van der Waals surface area contributed by atoms with Crippen LogP contribution in [0.4, 0.5) is 5.69 Å². The van der Waals surface area contributed by atoms with E-state index < -0.39 is 27.4 Å². The first-order valence-electron chi connectivity index (χ1n) is 15.0. The molecule has 1 aromatic rings. The Morgan fingerprint density at radius 2 is 1.66 bits per heavy atom. The Hall–Kier alpha value is -2.78. The molecule has 0 saturated carbocycles. The number of carbonyl (C=O) groups excluding carboxylic acids is 3. The van der Waals surface area contributed by atoms with Crippen molar-refractivity contribution in [3.05, 3.63) is 48.6 Å². The van der Waals surface area contributed by atoms with E-state index in [0.29, 0.717) is 26.2 Å². The Bertz CT molecular complexity index is 1220. The molecule has 2 fully saturated rings. The van der Waals surface area contributed by atoms with Crippen LogP contribution in [0.1, 0.15) is 53.4 Å². The summed E-state index contributed by atoms with van der Waals surface area (Å²) in [5.74, 6) is -0.739. The van der Waals surface area contributed by atoms with Crippen molar-refractivity contribution in [2.24, 2.45) is 11.8 Å². The molecule has 2 saturated heterocycles. The lowest BCUT2D eigenvalue weighted by molar-refractivity contribution is -0.143. The van der Waals surface area contributed by atoms with Crippen LogP contribution in [-0.4, -0.2) is 87.1 Å². The molecule has 1 N–H and O–H groups in total. The van der Waals surface area contributed by atoms with Gasteiger partial charge in [0, 0.05) is 42.7 Å². The predicted octanol–water partition coefficient (Wildman–Crippen LogP) is 4.04. The second-order valence-corrected chi connectivity index (χ2v) is 13.7. The molecule has 1 unspecified atom stereocenters. The van der Waals surface area contributed by atoms with Gasteiger partial charge in [-0.2, -0.15) is 0 Å². The van der Waals surface area contributed by atoms with E-state index in [-0.39, 0.29) is 30.4 Å². The largest absolute Gasteiger partial charge is 0.494 e. The molecule has 0 radical (unpaired) electrons. The molecule has 222 valence electrons. The van der Waals surface area contributed by atoms with Crippen LogP contribution in [0.2, 0.25) is 0 Å². The molecule has 4 heterocycles. The number of hydrogen-bond acceptors (Lipinski definition) is 6. The zero-order valence-electron chi connectivity index (χ0n) is 24.6. The Morgan fingerprint density at radius 3 is 2.34 bits per heavy atom. The lowest BCUT2D eigenvalue weighted by atomic mass is 9.74. The molecular formula is C32H43N3O5S. The molecule has 41 heavy (non-hydrogen) atoms. The third-order valence-corrected chi connectivity index (χ3v) is 10.8. The Morgan fingerprint density at radius 1 is 0.951 bits per heavy atom.